The lowest BCUT2D eigenvalue weighted by atomic mass is 10.2. The van der Waals surface area contributed by atoms with Gasteiger partial charge in [0.2, 0.25) is 0 Å². The van der Waals surface area contributed by atoms with Crippen molar-refractivity contribution in [3.8, 4) is 5.75 Å². The third-order valence-electron chi connectivity index (χ3n) is 3.95. The standard InChI is InChI=1S/C20H25ClN2O2/c1-5-23(14(2)3)17-8-6-16(7-9-17)22-20(24)13-25-18-10-11-19(21)15(4)12-18/h6-12,14H,5,13H2,1-4H3,(H,22,24). The van der Waals surface area contributed by atoms with E-state index >= 15 is 0 Å². The van der Waals surface area contributed by atoms with E-state index in [2.05, 4.69) is 31.0 Å². The average molecular weight is 361 g/mol. The summed E-state index contributed by atoms with van der Waals surface area (Å²) in [5.74, 6) is 0.430. The topological polar surface area (TPSA) is 41.6 Å². The molecule has 2 rings (SSSR count). The van der Waals surface area contributed by atoms with Gasteiger partial charge in [-0.05, 0) is 75.7 Å². The lowest BCUT2D eigenvalue weighted by Crippen LogP contribution is -2.30. The zero-order chi connectivity index (χ0) is 18.4. The summed E-state index contributed by atoms with van der Waals surface area (Å²) in [7, 11) is 0. The van der Waals surface area contributed by atoms with E-state index in [-0.39, 0.29) is 12.5 Å². The maximum absolute atomic E-state index is 12.0. The van der Waals surface area contributed by atoms with E-state index in [0.29, 0.717) is 16.8 Å². The van der Waals surface area contributed by atoms with E-state index in [4.69, 9.17) is 16.3 Å². The van der Waals surface area contributed by atoms with Gasteiger partial charge in [-0.25, -0.2) is 0 Å². The predicted molar refractivity (Wildman–Crippen MR) is 105 cm³/mol. The van der Waals surface area contributed by atoms with Crippen molar-refractivity contribution in [1.29, 1.82) is 0 Å². The minimum absolute atomic E-state index is 0.0457. The summed E-state index contributed by atoms with van der Waals surface area (Å²) in [6.45, 7) is 9.25. The highest BCUT2D eigenvalue weighted by molar-refractivity contribution is 6.31. The van der Waals surface area contributed by atoms with Crippen LogP contribution in [0.2, 0.25) is 5.02 Å². The predicted octanol–water partition coefficient (Wildman–Crippen LogP) is 4.90. The van der Waals surface area contributed by atoms with Gasteiger partial charge in [0.1, 0.15) is 5.75 Å². The molecule has 0 saturated heterocycles. The SMILES string of the molecule is CCN(c1ccc(NC(=O)COc2ccc(Cl)c(C)c2)cc1)C(C)C. The third kappa shape index (κ3) is 5.40. The molecule has 5 heteroatoms. The number of aryl methyl sites for hydroxylation is 1. The number of nitrogens with zero attached hydrogens (tertiary/aromatic N) is 1. The molecule has 4 nitrogen and oxygen atoms in total. The fourth-order valence-corrected chi connectivity index (χ4v) is 2.75. The highest BCUT2D eigenvalue weighted by Crippen LogP contribution is 2.22. The van der Waals surface area contributed by atoms with Gasteiger partial charge in [-0.3, -0.25) is 4.79 Å². The number of ether oxygens (including phenoxy) is 1. The third-order valence-corrected chi connectivity index (χ3v) is 4.37. The molecule has 0 aliphatic carbocycles. The number of anilines is 2. The van der Waals surface area contributed by atoms with Gasteiger partial charge in [0.05, 0.1) is 0 Å². The fraction of sp³-hybridized carbons (Fsp3) is 0.350. The Morgan fingerprint density at radius 1 is 1.20 bits per heavy atom. The molecular weight excluding hydrogens is 336 g/mol. The Morgan fingerprint density at radius 2 is 1.88 bits per heavy atom. The lowest BCUT2D eigenvalue weighted by Gasteiger charge is -2.27. The first-order valence-corrected chi connectivity index (χ1v) is 8.84. The Balaban J connectivity index is 1.90. The van der Waals surface area contributed by atoms with Gasteiger partial charge in [0.25, 0.3) is 5.91 Å². The van der Waals surface area contributed by atoms with Gasteiger partial charge >= 0.3 is 0 Å². The van der Waals surface area contributed by atoms with E-state index in [1.807, 2.05) is 37.3 Å². The number of hydrogen-bond acceptors (Lipinski definition) is 3. The van der Waals surface area contributed by atoms with Crippen molar-refractivity contribution in [2.75, 3.05) is 23.4 Å². The maximum Gasteiger partial charge on any atom is 0.262 e. The minimum Gasteiger partial charge on any atom is -0.484 e. The molecule has 25 heavy (non-hydrogen) atoms. The first kappa shape index (κ1) is 19.1. The smallest absolute Gasteiger partial charge is 0.262 e. The van der Waals surface area contributed by atoms with Crippen molar-refractivity contribution < 1.29 is 9.53 Å². The van der Waals surface area contributed by atoms with Crippen molar-refractivity contribution in [3.05, 3.63) is 53.1 Å². The number of halogens is 1. The van der Waals surface area contributed by atoms with Crippen molar-refractivity contribution in [2.45, 2.75) is 33.7 Å². The molecule has 0 fully saturated rings. The number of carbonyl (C=O) groups is 1. The van der Waals surface area contributed by atoms with Crippen LogP contribution in [0.4, 0.5) is 11.4 Å². The Kier molecular flexibility index (Phi) is 6.71. The molecule has 0 spiro atoms. The van der Waals surface area contributed by atoms with Crippen LogP contribution in [-0.2, 0) is 4.79 Å². The first-order chi connectivity index (χ1) is 11.9. The summed E-state index contributed by atoms with van der Waals surface area (Å²) in [6, 6.07) is 13.6. The molecule has 1 amide bonds. The van der Waals surface area contributed by atoms with E-state index < -0.39 is 0 Å². The Hall–Kier alpha value is -2.20. The molecule has 0 saturated carbocycles. The van der Waals surface area contributed by atoms with Gasteiger partial charge in [0.15, 0.2) is 6.61 Å². The summed E-state index contributed by atoms with van der Waals surface area (Å²) < 4.78 is 5.51. The largest absolute Gasteiger partial charge is 0.484 e. The summed E-state index contributed by atoms with van der Waals surface area (Å²) in [5, 5.41) is 3.52. The number of amides is 1. The number of nitrogens with one attached hydrogen (secondary N) is 1. The van der Waals surface area contributed by atoms with Crippen molar-refractivity contribution >= 4 is 28.9 Å². The van der Waals surface area contributed by atoms with E-state index in [0.717, 1.165) is 23.5 Å². The second-order valence-corrected chi connectivity index (χ2v) is 6.58. The van der Waals surface area contributed by atoms with Crippen LogP contribution in [0, 0.1) is 6.92 Å². The van der Waals surface area contributed by atoms with Crippen molar-refractivity contribution in [2.24, 2.45) is 0 Å². The Bertz CT molecular complexity index is 714. The minimum atomic E-state index is -0.198. The average Bonchev–Trinajstić information content (AvgIpc) is 2.58. The monoisotopic (exact) mass is 360 g/mol. The second kappa shape index (κ2) is 8.77. The molecular formula is C20H25ClN2O2. The molecule has 0 bridgehead atoms. The molecule has 0 atom stereocenters. The zero-order valence-electron chi connectivity index (χ0n) is 15.2. The Morgan fingerprint density at radius 3 is 2.44 bits per heavy atom. The highest BCUT2D eigenvalue weighted by Gasteiger charge is 2.09. The van der Waals surface area contributed by atoms with Gasteiger partial charge in [0, 0.05) is 29.0 Å². The normalized spacial score (nSPS) is 10.6. The molecule has 1 N–H and O–H groups in total. The molecule has 0 unspecified atom stereocenters. The second-order valence-electron chi connectivity index (χ2n) is 6.17. The van der Waals surface area contributed by atoms with Crippen LogP contribution in [-0.4, -0.2) is 25.1 Å². The van der Waals surface area contributed by atoms with Crippen LogP contribution in [0.15, 0.2) is 42.5 Å². The summed E-state index contributed by atoms with van der Waals surface area (Å²) in [6.07, 6.45) is 0. The van der Waals surface area contributed by atoms with Gasteiger partial charge in [-0.15, -0.1) is 0 Å². The summed E-state index contributed by atoms with van der Waals surface area (Å²) >= 11 is 5.98. The first-order valence-electron chi connectivity index (χ1n) is 8.46. The van der Waals surface area contributed by atoms with Crippen molar-refractivity contribution in [3.63, 3.8) is 0 Å². The van der Waals surface area contributed by atoms with E-state index in [1.165, 1.54) is 0 Å². The zero-order valence-corrected chi connectivity index (χ0v) is 15.9. The fourth-order valence-electron chi connectivity index (χ4n) is 2.64. The Labute approximate surface area is 154 Å². The van der Waals surface area contributed by atoms with Crippen LogP contribution in [0.25, 0.3) is 0 Å². The van der Waals surface area contributed by atoms with Gasteiger partial charge in [-0.1, -0.05) is 11.6 Å². The molecule has 134 valence electrons. The number of carbonyl (C=O) groups excluding carboxylic acids is 1. The summed E-state index contributed by atoms with van der Waals surface area (Å²) in [5.41, 5.74) is 2.81. The molecule has 0 aliphatic heterocycles. The quantitative estimate of drug-likeness (QED) is 0.763. The summed E-state index contributed by atoms with van der Waals surface area (Å²) in [4.78, 5) is 14.3. The lowest BCUT2D eigenvalue weighted by molar-refractivity contribution is -0.118. The van der Waals surface area contributed by atoms with Crippen LogP contribution >= 0.6 is 11.6 Å². The van der Waals surface area contributed by atoms with Gasteiger partial charge in [-0.2, -0.15) is 0 Å². The van der Waals surface area contributed by atoms with Crippen LogP contribution in [0.5, 0.6) is 5.75 Å². The van der Waals surface area contributed by atoms with Crippen molar-refractivity contribution in [1.82, 2.24) is 0 Å². The molecule has 0 aromatic heterocycles. The maximum atomic E-state index is 12.0. The van der Waals surface area contributed by atoms with E-state index in [1.54, 1.807) is 12.1 Å². The van der Waals surface area contributed by atoms with Crippen LogP contribution in [0.1, 0.15) is 26.3 Å². The molecule has 0 heterocycles. The highest BCUT2D eigenvalue weighted by atomic mass is 35.5. The molecule has 2 aromatic carbocycles. The van der Waals surface area contributed by atoms with E-state index in [9.17, 15) is 4.79 Å². The van der Waals surface area contributed by atoms with Gasteiger partial charge < -0.3 is 15.0 Å². The molecule has 2 aromatic rings. The van der Waals surface area contributed by atoms with Crippen LogP contribution in [0.3, 0.4) is 0 Å². The molecule has 0 aliphatic rings. The molecule has 0 radical (unpaired) electrons. The number of rotatable bonds is 7. The van der Waals surface area contributed by atoms with Crippen LogP contribution < -0.4 is 15.0 Å². The number of benzene rings is 2. The number of hydrogen-bond donors (Lipinski definition) is 1.